The minimum Gasteiger partial charge on any atom is -0.507 e. The molecule has 1 aromatic carbocycles. The molecule has 0 spiro atoms. The van der Waals surface area contributed by atoms with Crippen LogP contribution in [0.4, 0.5) is 4.79 Å². The summed E-state index contributed by atoms with van der Waals surface area (Å²) in [4.78, 5) is 42.3. The molecule has 1 fully saturated rings. The number of benzene rings is 1. The first-order valence-electron chi connectivity index (χ1n) is 13.0. The number of phenolic OH excluding ortho intramolecular Hbond substituents is 1. The number of nitrogens with one attached hydrogen (secondary N) is 2. The number of nitrogens with zero attached hydrogens (tertiary/aromatic N) is 1. The van der Waals surface area contributed by atoms with Gasteiger partial charge in [-0.25, -0.2) is 4.79 Å². The van der Waals surface area contributed by atoms with Crippen molar-refractivity contribution in [3.05, 3.63) is 29.3 Å². The zero-order valence-corrected chi connectivity index (χ0v) is 23.4. The van der Waals surface area contributed by atoms with Crippen LogP contribution in [0.1, 0.15) is 98.2 Å². The highest BCUT2D eigenvalue weighted by Gasteiger charge is 2.44. The molecule has 1 aromatic rings. The van der Waals surface area contributed by atoms with Gasteiger partial charge in [0.1, 0.15) is 23.4 Å². The predicted octanol–water partition coefficient (Wildman–Crippen LogP) is 4.98. The van der Waals surface area contributed by atoms with Gasteiger partial charge in [-0.05, 0) is 79.2 Å². The molecule has 0 aromatic heterocycles. The Hall–Kier alpha value is -2.77. The van der Waals surface area contributed by atoms with Gasteiger partial charge >= 0.3 is 6.09 Å². The number of phenols is 1. The molecule has 3 amide bonds. The number of hydrogen-bond acceptors (Lipinski definition) is 5. The molecule has 36 heavy (non-hydrogen) atoms. The SMILES string of the molecule is CCC(C)C(NC(=O)OC(C)(C)C)C(=O)N(C1CCC1)C(C(=O)NC(C)(C)C)c1cccc(C)c1O. The average Bonchev–Trinajstić information content (AvgIpc) is 2.69. The summed E-state index contributed by atoms with van der Waals surface area (Å²) >= 11 is 0. The zero-order chi connectivity index (χ0) is 27.4. The van der Waals surface area contributed by atoms with E-state index in [9.17, 15) is 19.5 Å². The van der Waals surface area contributed by atoms with Crippen LogP contribution in [-0.4, -0.2) is 51.1 Å². The van der Waals surface area contributed by atoms with Crippen LogP contribution in [0.2, 0.25) is 0 Å². The molecular formula is C28H45N3O5. The zero-order valence-electron chi connectivity index (χ0n) is 23.4. The predicted molar refractivity (Wildman–Crippen MR) is 141 cm³/mol. The monoisotopic (exact) mass is 503 g/mol. The molecule has 1 aliphatic rings. The fourth-order valence-corrected chi connectivity index (χ4v) is 4.22. The molecule has 8 nitrogen and oxygen atoms in total. The number of ether oxygens (including phenoxy) is 1. The fraction of sp³-hybridized carbons (Fsp3) is 0.679. The third-order valence-electron chi connectivity index (χ3n) is 6.46. The first-order valence-corrected chi connectivity index (χ1v) is 13.0. The van der Waals surface area contributed by atoms with E-state index in [4.69, 9.17) is 4.74 Å². The standard InChI is InChI=1S/C28H45N3O5/c1-10-17(2)21(29-26(35)36-28(7,8)9)25(34)31(19-14-12-15-19)22(24(33)30-27(4,5)6)20-16-11-13-18(3)23(20)32/h11,13,16-17,19,21-22,32H,10,12,14-15H2,1-9H3,(H,29,35)(H,30,33). The van der Waals surface area contributed by atoms with Crippen molar-refractivity contribution in [2.24, 2.45) is 5.92 Å². The van der Waals surface area contributed by atoms with E-state index in [1.54, 1.807) is 50.8 Å². The highest BCUT2D eigenvalue weighted by molar-refractivity contribution is 5.93. The summed E-state index contributed by atoms with van der Waals surface area (Å²) in [5.41, 5.74) is -0.276. The number of hydrogen-bond donors (Lipinski definition) is 3. The number of carbonyl (C=O) groups is 3. The second kappa shape index (κ2) is 11.5. The molecule has 0 bridgehead atoms. The van der Waals surface area contributed by atoms with Gasteiger partial charge < -0.3 is 25.4 Å². The lowest BCUT2D eigenvalue weighted by Crippen LogP contribution is -2.60. The van der Waals surface area contributed by atoms with E-state index >= 15 is 0 Å². The smallest absolute Gasteiger partial charge is 0.408 e. The van der Waals surface area contributed by atoms with Gasteiger partial charge in [-0.3, -0.25) is 9.59 Å². The number of para-hydroxylation sites is 1. The second-order valence-corrected chi connectivity index (χ2v) is 12.0. The summed E-state index contributed by atoms with van der Waals surface area (Å²) < 4.78 is 5.45. The summed E-state index contributed by atoms with van der Waals surface area (Å²) in [5.74, 6) is -0.937. The number of amides is 3. The van der Waals surface area contributed by atoms with Crippen LogP contribution < -0.4 is 10.6 Å². The number of carbonyl (C=O) groups excluding carboxylic acids is 3. The van der Waals surface area contributed by atoms with Crippen LogP contribution >= 0.6 is 0 Å². The highest BCUT2D eigenvalue weighted by Crippen LogP contribution is 2.38. The van der Waals surface area contributed by atoms with Crippen molar-refractivity contribution >= 4 is 17.9 Å². The first-order chi connectivity index (χ1) is 16.6. The van der Waals surface area contributed by atoms with Gasteiger partial charge in [-0.2, -0.15) is 0 Å². The molecule has 1 saturated carbocycles. The molecule has 0 heterocycles. The minimum absolute atomic E-state index is 0.0103. The fourth-order valence-electron chi connectivity index (χ4n) is 4.22. The van der Waals surface area contributed by atoms with Crippen molar-refractivity contribution < 1.29 is 24.2 Å². The number of alkyl carbamates (subject to hydrolysis) is 1. The van der Waals surface area contributed by atoms with Crippen molar-refractivity contribution in [1.29, 1.82) is 0 Å². The summed E-state index contributed by atoms with van der Waals surface area (Å²) in [5, 5.41) is 16.8. The Kier molecular flexibility index (Phi) is 9.43. The highest BCUT2D eigenvalue weighted by atomic mass is 16.6. The third kappa shape index (κ3) is 7.61. The Morgan fingerprint density at radius 2 is 1.75 bits per heavy atom. The van der Waals surface area contributed by atoms with E-state index in [0.29, 0.717) is 17.5 Å². The first kappa shape index (κ1) is 29.5. The maximum Gasteiger partial charge on any atom is 0.408 e. The van der Waals surface area contributed by atoms with Gasteiger partial charge in [-0.15, -0.1) is 0 Å². The van der Waals surface area contributed by atoms with Crippen molar-refractivity contribution in [3.8, 4) is 5.75 Å². The quantitative estimate of drug-likeness (QED) is 0.464. The molecule has 2 rings (SSSR count). The Balaban J connectivity index is 2.59. The van der Waals surface area contributed by atoms with Gasteiger partial charge in [0.15, 0.2) is 0 Å². The summed E-state index contributed by atoms with van der Waals surface area (Å²) in [6.45, 7) is 16.5. The van der Waals surface area contributed by atoms with E-state index in [1.165, 1.54) is 0 Å². The minimum atomic E-state index is -1.05. The van der Waals surface area contributed by atoms with Crippen LogP contribution in [-0.2, 0) is 14.3 Å². The molecule has 202 valence electrons. The number of rotatable bonds is 8. The molecule has 3 atom stereocenters. The summed E-state index contributed by atoms with van der Waals surface area (Å²) in [6, 6.07) is 3.11. The van der Waals surface area contributed by atoms with Crippen LogP contribution in [0, 0.1) is 12.8 Å². The Bertz CT molecular complexity index is 943. The molecule has 3 N–H and O–H groups in total. The van der Waals surface area contributed by atoms with Gasteiger partial charge in [0.2, 0.25) is 11.8 Å². The van der Waals surface area contributed by atoms with Gasteiger partial charge in [-0.1, -0.05) is 38.5 Å². The lowest BCUT2D eigenvalue weighted by atomic mass is 9.86. The third-order valence-corrected chi connectivity index (χ3v) is 6.46. The van der Waals surface area contributed by atoms with Crippen molar-refractivity contribution in [2.75, 3.05) is 0 Å². The van der Waals surface area contributed by atoms with E-state index in [0.717, 1.165) is 19.3 Å². The van der Waals surface area contributed by atoms with Crippen molar-refractivity contribution in [1.82, 2.24) is 15.5 Å². The molecule has 1 aliphatic carbocycles. The molecule has 0 saturated heterocycles. The van der Waals surface area contributed by atoms with E-state index in [-0.39, 0.29) is 29.5 Å². The number of aromatic hydroxyl groups is 1. The Morgan fingerprint density at radius 1 is 1.14 bits per heavy atom. The van der Waals surface area contributed by atoms with Gasteiger partial charge in [0, 0.05) is 17.1 Å². The van der Waals surface area contributed by atoms with Gasteiger partial charge in [0.25, 0.3) is 0 Å². The molecule has 8 heteroatoms. The number of aryl methyl sites for hydroxylation is 1. The lowest BCUT2D eigenvalue weighted by Gasteiger charge is -2.45. The molecule has 3 unspecified atom stereocenters. The van der Waals surface area contributed by atoms with E-state index < -0.39 is 29.3 Å². The average molecular weight is 504 g/mol. The Labute approximate surface area is 216 Å². The van der Waals surface area contributed by atoms with Crippen LogP contribution in [0.3, 0.4) is 0 Å². The largest absolute Gasteiger partial charge is 0.507 e. The normalized spacial score (nSPS) is 16.8. The van der Waals surface area contributed by atoms with Crippen molar-refractivity contribution in [3.63, 3.8) is 0 Å². The molecular weight excluding hydrogens is 458 g/mol. The molecule has 0 radical (unpaired) electrons. The Morgan fingerprint density at radius 3 is 2.22 bits per heavy atom. The van der Waals surface area contributed by atoms with Crippen molar-refractivity contribution in [2.45, 2.75) is 117 Å². The molecule has 0 aliphatic heterocycles. The lowest BCUT2D eigenvalue weighted by molar-refractivity contribution is -0.149. The van der Waals surface area contributed by atoms with Crippen LogP contribution in [0.25, 0.3) is 0 Å². The van der Waals surface area contributed by atoms with Gasteiger partial charge in [0.05, 0.1) is 0 Å². The van der Waals surface area contributed by atoms with E-state index in [1.807, 2.05) is 34.6 Å². The van der Waals surface area contributed by atoms with Crippen LogP contribution in [0.5, 0.6) is 5.75 Å². The summed E-state index contributed by atoms with van der Waals surface area (Å²) in [6.07, 6.45) is 2.40. The summed E-state index contributed by atoms with van der Waals surface area (Å²) in [7, 11) is 0. The topological polar surface area (TPSA) is 108 Å². The maximum absolute atomic E-state index is 14.3. The maximum atomic E-state index is 14.3. The van der Waals surface area contributed by atoms with Crippen LogP contribution in [0.15, 0.2) is 18.2 Å². The van der Waals surface area contributed by atoms with E-state index in [2.05, 4.69) is 10.6 Å². The second-order valence-electron chi connectivity index (χ2n) is 12.0.